The summed E-state index contributed by atoms with van der Waals surface area (Å²) in [5, 5.41) is 17.6. The van der Waals surface area contributed by atoms with Gasteiger partial charge >= 0.3 is 0 Å². The van der Waals surface area contributed by atoms with Crippen molar-refractivity contribution in [2.75, 3.05) is 0 Å². The molecule has 1 fully saturated rings. The fourth-order valence-corrected chi connectivity index (χ4v) is 2.21. The summed E-state index contributed by atoms with van der Waals surface area (Å²) in [6, 6.07) is 0. The average molecular weight is 216 g/mol. The van der Waals surface area contributed by atoms with E-state index in [9.17, 15) is 5.11 Å². The molecule has 0 aromatic heterocycles. The Morgan fingerprint density at radius 1 is 1.40 bits per heavy atom. The minimum absolute atomic E-state index is 0.363. The van der Waals surface area contributed by atoms with Crippen LogP contribution in [0.5, 0.6) is 0 Å². The Morgan fingerprint density at radius 2 is 1.87 bits per heavy atom. The van der Waals surface area contributed by atoms with Gasteiger partial charge in [0.1, 0.15) is 0 Å². The van der Waals surface area contributed by atoms with Crippen LogP contribution in [0.1, 0.15) is 53.4 Å². The van der Waals surface area contributed by atoms with Crippen LogP contribution in [0, 0.1) is 11.8 Å². The second kappa shape index (κ2) is 6.11. The van der Waals surface area contributed by atoms with E-state index in [0.717, 1.165) is 13.3 Å². The van der Waals surface area contributed by atoms with Gasteiger partial charge in [-0.3, -0.25) is 4.79 Å². The lowest BCUT2D eigenvalue weighted by atomic mass is 9.70. The zero-order chi connectivity index (χ0) is 12.1. The number of aliphatic hydroxyl groups is 1. The van der Waals surface area contributed by atoms with Crippen LogP contribution in [0.2, 0.25) is 0 Å². The molecular weight excluding hydrogens is 192 g/mol. The fourth-order valence-electron chi connectivity index (χ4n) is 2.21. The van der Waals surface area contributed by atoms with Crippen molar-refractivity contribution >= 4 is 5.97 Å². The fraction of sp³-hybridized carbons (Fsp3) is 0.917. The SMILES string of the molecule is CC(=O)O.CC(C)C1(O)CCCCC1C. The van der Waals surface area contributed by atoms with Gasteiger partial charge in [0, 0.05) is 6.92 Å². The van der Waals surface area contributed by atoms with E-state index in [1.54, 1.807) is 0 Å². The van der Waals surface area contributed by atoms with Crippen LogP contribution in [0.15, 0.2) is 0 Å². The van der Waals surface area contributed by atoms with Gasteiger partial charge in [0.25, 0.3) is 5.97 Å². The Bertz CT molecular complexity index is 197. The van der Waals surface area contributed by atoms with E-state index in [1.807, 2.05) is 0 Å². The molecule has 0 aliphatic heterocycles. The molecule has 0 radical (unpaired) electrons. The van der Waals surface area contributed by atoms with Crippen molar-refractivity contribution in [1.82, 2.24) is 0 Å². The van der Waals surface area contributed by atoms with E-state index in [2.05, 4.69) is 20.8 Å². The molecule has 2 atom stereocenters. The smallest absolute Gasteiger partial charge is 0.300 e. The molecule has 2 unspecified atom stereocenters. The van der Waals surface area contributed by atoms with Crippen molar-refractivity contribution in [3.05, 3.63) is 0 Å². The van der Waals surface area contributed by atoms with E-state index in [4.69, 9.17) is 9.90 Å². The summed E-state index contributed by atoms with van der Waals surface area (Å²) in [5.41, 5.74) is -0.363. The number of hydrogen-bond donors (Lipinski definition) is 2. The number of carboxylic acid groups (broad SMARTS) is 1. The van der Waals surface area contributed by atoms with Crippen molar-refractivity contribution in [3.8, 4) is 0 Å². The molecule has 0 aromatic carbocycles. The van der Waals surface area contributed by atoms with Gasteiger partial charge in [-0.25, -0.2) is 0 Å². The van der Waals surface area contributed by atoms with Crippen LogP contribution < -0.4 is 0 Å². The van der Waals surface area contributed by atoms with Crippen molar-refractivity contribution in [2.24, 2.45) is 11.8 Å². The average Bonchev–Trinajstić information content (AvgIpc) is 2.09. The van der Waals surface area contributed by atoms with Crippen LogP contribution in [0.4, 0.5) is 0 Å². The number of aliphatic carboxylic acids is 1. The Hall–Kier alpha value is -0.570. The van der Waals surface area contributed by atoms with Crippen molar-refractivity contribution < 1.29 is 15.0 Å². The molecule has 0 spiro atoms. The standard InChI is InChI=1S/C10H20O.C2H4O2/c1-8(2)10(11)7-5-4-6-9(10)3;1-2(3)4/h8-9,11H,4-7H2,1-3H3;1H3,(H,3,4). The predicted molar refractivity (Wildman–Crippen MR) is 60.7 cm³/mol. The molecule has 1 rings (SSSR count). The highest BCUT2D eigenvalue weighted by atomic mass is 16.4. The molecular formula is C12H24O3. The lowest BCUT2D eigenvalue weighted by Gasteiger charge is -2.41. The van der Waals surface area contributed by atoms with Gasteiger partial charge in [-0.15, -0.1) is 0 Å². The van der Waals surface area contributed by atoms with Crippen molar-refractivity contribution in [2.45, 2.75) is 59.0 Å². The third-order valence-corrected chi connectivity index (χ3v) is 3.32. The molecule has 0 bridgehead atoms. The van der Waals surface area contributed by atoms with Gasteiger partial charge in [0.2, 0.25) is 0 Å². The molecule has 1 aliphatic rings. The predicted octanol–water partition coefficient (Wildman–Crippen LogP) is 2.67. The molecule has 0 heterocycles. The van der Waals surface area contributed by atoms with Crippen LogP contribution in [-0.2, 0) is 4.79 Å². The van der Waals surface area contributed by atoms with Crippen molar-refractivity contribution in [3.63, 3.8) is 0 Å². The van der Waals surface area contributed by atoms with Crippen molar-refractivity contribution in [1.29, 1.82) is 0 Å². The Kier molecular flexibility index (Phi) is 5.88. The highest BCUT2D eigenvalue weighted by Crippen LogP contribution is 2.38. The highest BCUT2D eigenvalue weighted by Gasteiger charge is 2.38. The number of carbonyl (C=O) groups is 1. The third kappa shape index (κ3) is 4.65. The largest absolute Gasteiger partial charge is 0.481 e. The lowest BCUT2D eigenvalue weighted by molar-refractivity contribution is -0.134. The normalized spacial score (nSPS) is 30.7. The Labute approximate surface area is 92.5 Å². The van der Waals surface area contributed by atoms with E-state index in [1.165, 1.54) is 19.3 Å². The minimum Gasteiger partial charge on any atom is -0.481 e. The zero-order valence-corrected chi connectivity index (χ0v) is 10.3. The maximum atomic E-state index is 10.2. The maximum Gasteiger partial charge on any atom is 0.300 e. The quantitative estimate of drug-likeness (QED) is 0.708. The van der Waals surface area contributed by atoms with Crippen LogP contribution in [0.3, 0.4) is 0 Å². The van der Waals surface area contributed by atoms with Crippen LogP contribution in [-0.4, -0.2) is 21.8 Å². The van der Waals surface area contributed by atoms with Crippen LogP contribution >= 0.6 is 0 Å². The summed E-state index contributed by atoms with van der Waals surface area (Å²) in [4.78, 5) is 9.00. The number of hydrogen-bond acceptors (Lipinski definition) is 2. The first kappa shape index (κ1) is 14.4. The first-order valence-electron chi connectivity index (χ1n) is 5.72. The number of carboxylic acids is 1. The second-order valence-corrected chi connectivity index (χ2v) is 4.81. The molecule has 3 nitrogen and oxygen atoms in total. The molecule has 0 amide bonds. The molecule has 2 N–H and O–H groups in total. The Balaban J connectivity index is 0.000000423. The molecule has 1 aliphatic carbocycles. The third-order valence-electron chi connectivity index (χ3n) is 3.32. The summed E-state index contributed by atoms with van der Waals surface area (Å²) >= 11 is 0. The Morgan fingerprint density at radius 3 is 2.13 bits per heavy atom. The van der Waals surface area contributed by atoms with Gasteiger partial charge < -0.3 is 10.2 Å². The summed E-state index contributed by atoms with van der Waals surface area (Å²) in [5.74, 6) is 0.0778. The summed E-state index contributed by atoms with van der Waals surface area (Å²) < 4.78 is 0. The lowest BCUT2D eigenvalue weighted by Crippen LogP contribution is -2.43. The van der Waals surface area contributed by atoms with E-state index >= 15 is 0 Å². The van der Waals surface area contributed by atoms with Gasteiger partial charge in [-0.2, -0.15) is 0 Å². The van der Waals surface area contributed by atoms with Crippen LogP contribution in [0.25, 0.3) is 0 Å². The first-order valence-corrected chi connectivity index (χ1v) is 5.72. The molecule has 90 valence electrons. The van der Waals surface area contributed by atoms with Gasteiger partial charge in [0.15, 0.2) is 0 Å². The minimum atomic E-state index is -0.833. The number of rotatable bonds is 1. The maximum absolute atomic E-state index is 10.2. The molecule has 0 saturated heterocycles. The monoisotopic (exact) mass is 216 g/mol. The highest BCUT2D eigenvalue weighted by molar-refractivity contribution is 5.62. The summed E-state index contributed by atoms with van der Waals surface area (Å²) in [7, 11) is 0. The molecule has 1 saturated carbocycles. The van der Waals surface area contributed by atoms with Gasteiger partial charge in [-0.05, 0) is 24.7 Å². The second-order valence-electron chi connectivity index (χ2n) is 4.81. The first-order chi connectivity index (χ1) is 6.80. The van der Waals surface area contributed by atoms with E-state index in [-0.39, 0.29) is 5.60 Å². The zero-order valence-electron chi connectivity index (χ0n) is 10.3. The van der Waals surface area contributed by atoms with E-state index < -0.39 is 5.97 Å². The van der Waals surface area contributed by atoms with Gasteiger partial charge in [0.05, 0.1) is 5.60 Å². The van der Waals surface area contributed by atoms with Gasteiger partial charge in [-0.1, -0.05) is 33.6 Å². The summed E-state index contributed by atoms with van der Waals surface area (Å²) in [6.07, 6.45) is 4.72. The topological polar surface area (TPSA) is 57.5 Å². The molecule has 15 heavy (non-hydrogen) atoms. The molecule has 3 heteroatoms. The van der Waals surface area contributed by atoms with E-state index in [0.29, 0.717) is 11.8 Å². The molecule has 0 aromatic rings. The summed E-state index contributed by atoms with van der Waals surface area (Å²) in [6.45, 7) is 7.52.